The minimum atomic E-state index is 0.253. The van der Waals surface area contributed by atoms with Gasteiger partial charge in [0.15, 0.2) is 11.5 Å². The molecule has 0 saturated heterocycles. The van der Waals surface area contributed by atoms with Gasteiger partial charge < -0.3 is 19.5 Å². The van der Waals surface area contributed by atoms with E-state index in [1.807, 2.05) is 19.1 Å². The molecule has 0 saturated carbocycles. The second-order valence-electron chi connectivity index (χ2n) is 4.80. The zero-order valence-corrected chi connectivity index (χ0v) is 11.6. The third-order valence-corrected chi connectivity index (χ3v) is 2.94. The largest absolute Gasteiger partial charge is 0.454 e. The highest BCUT2D eigenvalue weighted by Gasteiger charge is 2.15. The predicted octanol–water partition coefficient (Wildman–Crippen LogP) is 2.66. The number of fused-ring (bicyclic) bond motifs is 1. The maximum absolute atomic E-state index is 5.45. The van der Waals surface area contributed by atoms with Crippen molar-refractivity contribution < 1.29 is 14.2 Å². The molecule has 1 aromatic rings. The lowest BCUT2D eigenvalue weighted by Crippen LogP contribution is -2.23. The quantitative estimate of drug-likeness (QED) is 0.606. The Labute approximate surface area is 114 Å². The van der Waals surface area contributed by atoms with E-state index in [9.17, 15) is 0 Å². The molecule has 104 valence electrons. The Morgan fingerprint density at radius 2 is 2.21 bits per heavy atom. The molecule has 1 atom stereocenters. The molecule has 1 heterocycles. The van der Waals surface area contributed by atoms with Gasteiger partial charge in [-0.3, -0.25) is 0 Å². The summed E-state index contributed by atoms with van der Waals surface area (Å²) in [5.41, 5.74) is 2.23. The van der Waals surface area contributed by atoms with Crippen LogP contribution in [0, 0.1) is 0 Å². The third-order valence-electron chi connectivity index (χ3n) is 2.94. The molecule has 4 nitrogen and oxygen atoms in total. The van der Waals surface area contributed by atoms with Crippen molar-refractivity contribution in [2.24, 2.45) is 0 Å². The van der Waals surface area contributed by atoms with Crippen molar-refractivity contribution >= 4 is 0 Å². The minimum absolute atomic E-state index is 0.253. The van der Waals surface area contributed by atoms with E-state index < -0.39 is 0 Å². The van der Waals surface area contributed by atoms with Crippen LogP contribution in [0.4, 0.5) is 0 Å². The lowest BCUT2D eigenvalue weighted by Gasteiger charge is -2.14. The Bertz CT molecular complexity index is 445. The van der Waals surface area contributed by atoms with Crippen molar-refractivity contribution in [2.45, 2.75) is 19.9 Å². The molecule has 0 bridgehead atoms. The van der Waals surface area contributed by atoms with Gasteiger partial charge in [0.2, 0.25) is 6.79 Å². The Morgan fingerprint density at radius 1 is 1.42 bits per heavy atom. The fraction of sp³-hybridized carbons (Fsp3) is 0.467. The topological polar surface area (TPSA) is 39.7 Å². The number of rotatable bonds is 7. The number of hydrogen-bond donors (Lipinski definition) is 1. The van der Waals surface area contributed by atoms with Gasteiger partial charge in [-0.1, -0.05) is 18.2 Å². The summed E-state index contributed by atoms with van der Waals surface area (Å²) in [5.74, 6) is 1.64. The van der Waals surface area contributed by atoms with Crippen LogP contribution in [0.1, 0.15) is 25.5 Å². The van der Waals surface area contributed by atoms with Crippen LogP contribution in [-0.2, 0) is 4.74 Å². The van der Waals surface area contributed by atoms with Gasteiger partial charge in [-0.25, -0.2) is 0 Å². The van der Waals surface area contributed by atoms with E-state index in [-0.39, 0.29) is 6.04 Å². The van der Waals surface area contributed by atoms with Crippen LogP contribution in [-0.4, -0.2) is 26.6 Å². The van der Waals surface area contributed by atoms with Crippen molar-refractivity contribution in [1.82, 2.24) is 5.32 Å². The summed E-state index contributed by atoms with van der Waals surface area (Å²) in [6.45, 7) is 10.3. The lowest BCUT2D eigenvalue weighted by molar-refractivity contribution is 0.156. The van der Waals surface area contributed by atoms with Gasteiger partial charge in [0.05, 0.1) is 13.2 Å². The highest BCUT2D eigenvalue weighted by Crippen LogP contribution is 2.33. The van der Waals surface area contributed by atoms with E-state index in [1.165, 1.54) is 5.56 Å². The van der Waals surface area contributed by atoms with Gasteiger partial charge in [-0.15, -0.1) is 0 Å². The summed E-state index contributed by atoms with van der Waals surface area (Å²) < 4.78 is 16.1. The van der Waals surface area contributed by atoms with E-state index in [0.29, 0.717) is 20.0 Å². The molecule has 19 heavy (non-hydrogen) atoms. The maximum Gasteiger partial charge on any atom is 0.231 e. The number of ether oxygens (including phenoxy) is 3. The summed E-state index contributed by atoms with van der Waals surface area (Å²) in [6, 6.07) is 6.28. The Morgan fingerprint density at radius 3 is 3.00 bits per heavy atom. The predicted molar refractivity (Wildman–Crippen MR) is 74.6 cm³/mol. The normalized spacial score (nSPS) is 14.4. The van der Waals surface area contributed by atoms with Crippen LogP contribution in [0.3, 0.4) is 0 Å². The fourth-order valence-corrected chi connectivity index (χ4v) is 1.89. The molecule has 1 unspecified atom stereocenters. The molecular weight excluding hydrogens is 242 g/mol. The lowest BCUT2D eigenvalue weighted by atomic mass is 10.1. The van der Waals surface area contributed by atoms with E-state index in [2.05, 4.69) is 24.9 Å². The summed E-state index contributed by atoms with van der Waals surface area (Å²) in [7, 11) is 0. The molecule has 0 aliphatic carbocycles. The second-order valence-corrected chi connectivity index (χ2v) is 4.80. The van der Waals surface area contributed by atoms with Crippen LogP contribution in [0.15, 0.2) is 30.4 Å². The van der Waals surface area contributed by atoms with E-state index in [1.54, 1.807) is 0 Å². The van der Waals surface area contributed by atoms with E-state index in [4.69, 9.17) is 14.2 Å². The van der Waals surface area contributed by atoms with Crippen molar-refractivity contribution in [1.29, 1.82) is 0 Å². The van der Waals surface area contributed by atoms with Crippen molar-refractivity contribution in [2.75, 3.05) is 26.6 Å². The fourth-order valence-electron chi connectivity index (χ4n) is 1.89. The monoisotopic (exact) mass is 263 g/mol. The zero-order valence-electron chi connectivity index (χ0n) is 11.6. The molecule has 4 heteroatoms. The standard InChI is InChI=1S/C15H21NO3/c1-11(2)9-17-7-6-16-12(3)13-4-5-14-15(8-13)19-10-18-14/h4-5,8,12,16H,1,6-7,9-10H2,2-3H3. The van der Waals surface area contributed by atoms with Gasteiger partial charge >= 0.3 is 0 Å². The molecule has 1 aliphatic heterocycles. The third kappa shape index (κ3) is 3.98. The highest BCUT2D eigenvalue weighted by atomic mass is 16.7. The zero-order chi connectivity index (χ0) is 13.7. The van der Waals surface area contributed by atoms with Gasteiger partial charge in [0, 0.05) is 12.6 Å². The van der Waals surface area contributed by atoms with Crippen LogP contribution in [0.2, 0.25) is 0 Å². The SMILES string of the molecule is C=C(C)COCCNC(C)c1ccc2c(c1)OCO2. The molecule has 1 N–H and O–H groups in total. The Hall–Kier alpha value is -1.52. The summed E-state index contributed by atoms with van der Waals surface area (Å²) >= 11 is 0. The number of nitrogens with one attached hydrogen (secondary N) is 1. The van der Waals surface area contributed by atoms with Gasteiger partial charge in [-0.2, -0.15) is 0 Å². The van der Waals surface area contributed by atoms with E-state index in [0.717, 1.165) is 23.6 Å². The second kappa shape index (κ2) is 6.59. The van der Waals surface area contributed by atoms with Crippen LogP contribution in [0.25, 0.3) is 0 Å². The molecule has 0 fully saturated rings. The Balaban J connectivity index is 1.77. The molecule has 1 aliphatic rings. The maximum atomic E-state index is 5.45. The average molecular weight is 263 g/mol. The highest BCUT2D eigenvalue weighted by molar-refractivity contribution is 5.45. The van der Waals surface area contributed by atoms with Gasteiger partial charge in [0.1, 0.15) is 0 Å². The van der Waals surface area contributed by atoms with Crippen LogP contribution >= 0.6 is 0 Å². The molecule has 1 aromatic carbocycles. The average Bonchev–Trinajstić information content (AvgIpc) is 2.84. The number of benzene rings is 1. The molecular formula is C15H21NO3. The Kier molecular flexibility index (Phi) is 4.82. The smallest absolute Gasteiger partial charge is 0.231 e. The summed E-state index contributed by atoms with van der Waals surface area (Å²) in [5, 5.41) is 3.41. The number of hydrogen-bond acceptors (Lipinski definition) is 4. The molecule has 0 radical (unpaired) electrons. The molecule has 0 amide bonds. The van der Waals surface area contributed by atoms with Crippen molar-refractivity contribution in [3.8, 4) is 11.5 Å². The first-order valence-corrected chi connectivity index (χ1v) is 6.52. The first-order valence-electron chi connectivity index (χ1n) is 6.52. The van der Waals surface area contributed by atoms with Crippen LogP contribution in [0.5, 0.6) is 11.5 Å². The first kappa shape index (κ1) is 13.9. The first-order chi connectivity index (χ1) is 9.16. The molecule has 2 rings (SSSR count). The van der Waals surface area contributed by atoms with Crippen LogP contribution < -0.4 is 14.8 Å². The van der Waals surface area contributed by atoms with Gasteiger partial charge in [-0.05, 0) is 31.5 Å². The molecule has 0 aromatic heterocycles. The summed E-state index contributed by atoms with van der Waals surface area (Å²) in [6.07, 6.45) is 0. The van der Waals surface area contributed by atoms with E-state index >= 15 is 0 Å². The van der Waals surface area contributed by atoms with Crippen molar-refractivity contribution in [3.05, 3.63) is 35.9 Å². The van der Waals surface area contributed by atoms with Crippen molar-refractivity contribution in [3.63, 3.8) is 0 Å². The molecule has 0 spiro atoms. The van der Waals surface area contributed by atoms with Gasteiger partial charge in [0.25, 0.3) is 0 Å². The summed E-state index contributed by atoms with van der Waals surface area (Å²) in [4.78, 5) is 0. The minimum Gasteiger partial charge on any atom is -0.454 e.